The Kier molecular flexibility index (Phi) is 6.92. The molecule has 0 spiro atoms. The minimum atomic E-state index is -0.808. The summed E-state index contributed by atoms with van der Waals surface area (Å²) in [6, 6.07) is 14.3. The summed E-state index contributed by atoms with van der Waals surface area (Å²) in [6.45, 7) is 0.0214. The van der Waals surface area contributed by atoms with Crippen LogP contribution in [0.15, 0.2) is 66.2 Å². The molecule has 1 saturated heterocycles. The zero-order valence-corrected chi connectivity index (χ0v) is 19.5. The number of amides is 2. The number of anilines is 1. The summed E-state index contributed by atoms with van der Waals surface area (Å²) in [5.41, 5.74) is 0.512. The van der Waals surface area contributed by atoms with E-state index >= 15 is 0 Å². The van der Waals surface area contributed by atoms with Crippen LogP contribution in [0.2, 0.25) is 10.0 Å². The highest BCUT2D eigenvalue weighted by Gasteiger charge is 2.35. The summed E-state index contributed by atoms with van der Waals surface area (Å²) in [5, 5.41) is 2.36. The molecule has 3 aromatic rings. The standard InChI is InChI=1S/C24H14Cl2F2N2O3S/c25-17-10-14(11-18(26)21(17)33-12-13-4-3-5-15(27)8-13)9-16-22(31)29-24(34)30(23(16)32)20-7-2-1-6-19(20)28/h1-11H,12H2,(H,29,31,34)/b16-9+. The molecule has 0 aromatic heterocycles. The average molecular weight is 519 g/mol. The molecule has 0 bridgehead atoms. The number of carbonyl (C=O) groups excluding carboxylic acids is 2. The minimum Gasteiger partial charge on any atom is -0.486 e. The summed E-state index contributed by atoms with van der Waals surface area (Å²) < 4.78 is 33.3. The molecule has 0 radical (unpaired) electrons. The summed E-state index contributed by atoms with van der Waals surface area (Å²) >= 11 is 17.7. The van der Waals surface area contributed by atoms with Gasteiger partial charge in [-0.1, -0.05) is 47.5 Å². The summed E-state index contributed by atoms with van der Waals surface area (Å²) in [7, 11) is 0. The fourth-order valence-corrected chi connectivity index (χ4v) is 4.15. The molecular formula is C24H14Cl2F2N2O3S. The van der Waals surface area contributed by atoms with Gasteiger partial charge in [0.05, 0.1) is 15.7 Å². The number of nitrogens with one attached hydrogen (secondary N) is 1. The maximum Gasteiger partial charge on any atom is 0.270 e. The van der Waals surface area contributed by atoms with Gasteiger partial charge in [0.15, 0.2) is 10.9 Å². The monoisotopic (exact) mass is 518 g/mol. The zero-order chi connectivity index (χ0) is 24.4. The second kappa shape index (κ2) is 9.89. The highest BCUT2D eigenvalue weighted by Crippen LogP contribution is 2.36. The largest absolute Gasteiger partial charge is 0.486 e. The van der Waals surface area contributed by atoms with E-state index in [1.807, 2.05) is 0 Å². The van der Waals surface area contributed by atoms with Crippen molar-refractivity contribution in [1.82, 2.24) is 5.32 Å². The number of hydrogen-bond acceptors (Lipinski definition) is 4. The van der Waals surface area contributed by atoms with Crippen LogP contribution in [0.3, 0.4) is 0 Å². The van der Waals surface area contributed by atoms with Gasteiger partial charge >= 0.3 is 0 Å². The molecule has 3 aromatic carbocycles. The summed E-state index contributed by atoms with van der Waals surface area (Å²) in [4.78, 5) is 26.4. The van der Waals surface area contributed by atoms with Crippen LogP contribution in [0.5, 0.6) is 5.75 Å². The maximum absolute atomic E-state index is 14.3. The number of nitrogens with zero attached hydrogens (tertiary/aromatic N) is 1. The molecule has 10 heteroatoms. The Morgan fingerprint density at radius 2 is 1.71 bits per heavy atom. The Bertz CT molecular complexity index is 1340. The Morgan fingerprint density at radius 1 is 1.00 bits per heavy atom. The number of ether oxygens (including phenoxy) is 1. The average Bonchev–Trinajstić information content (AvgIpc) is 2.77. The van der Waals surface area contributed by atoms with Crippen LogP contribution in [-0.2, 0) is 16.2 Å². The lowest BCUT2D eigenvalue weighted by molar-refractivity contribution is -0.122. The Morgan fingerprint density at radius 3 is 2.38 bits per heavy atom. The number of benzene rings is 3. The predicted molar refractivity (Wildman–Crippen MR) is 130 cm³/mol. The van der Waals surface area contributed by atoms with E-state index in [9.17, 15) is 18.4 Å². The predicted octanol–water partition coefficient (Wildman–Crippen LogP) is 5.68. The molecule has 5 nitrogen and oxygen atoms in total. The van der Waals surface area contributed by atoms with Crippen molar-refractivity contribution in [3.63, 3.8) is 0 Å². The first-order valence-electron chi connectivity index (χ1n) is 9.77. The van der Waals surface area contributed by atoms with E-state index in [-0.39, 0.29) is 38.8 Å². The second-order valence-electron chi connectivity index (χ2n) is 7.14. The van der Waals surface area contributed by atoms with Crippen molar-refractivity contribution in [2.24, 2.45) is 0 Å². The van der Waals surface area contributed by atoms with Crippen LogP contribution in [0.1, 0.15) is 11.1 Å². The topological polar surface area (TPSA) is 58.6 Å². The van der Waals surface area contributed by atoms with Gasteiger partial charge < -0.3 is 4.74 Å². The molecule has 1 aliphatic heterocycles. The first kappa shape index (κ1) is 23.8. The SMILES string of the molecule is O=C1NC(=S)N(c2ccccc2F)C(=O)/C1=C/c1cc(Cl)c(OCc2cccc(F)c2)c(Cl)c1. The molecule has 1 aliphatic rings. The highest BCUT2D eigenvalue weighted by molar-refractivity contribution is 7.80. The Balaban J connectivity index is 1.62. The zero-order valence-electron chi connectivity index (χ0n) is 17.2. The molecule has 0 aliphatic carbocycles. The number of thiocarbonyl (C=S) groups is 1. The smallest absolute Gasteiger partial charge is 0.270 e. The molecule has 1 N–H and O–H groups in total. The van der Waals surface area contributed by atoms with Crippen molar-refractivity contribution in [2.45, 2.75) is 6.61 Å². The minimum absolute atomic E-state index is 0.0214. The third kappa shape index (κ3) is 4.94. The fourth-order valence-electron chi connectivity index (χ4n) is 3.26. The van der Waals surface area contributed by atoms with Crippen molar-refractivity contribution < 1.29 is 23.1 Å². The molecule has 34 heavy (non-hydrogen) atoms. The van der Waals surface area contributed by atoms with E-state index in [1.165, 1.54) is 54.6 Å². The van der Waals surface area contributed by atoms with Crippen molar-refractivity contribution in [2.75, 3.05) is 4.90 Å². The van der Waals surface area contributed by atoms with E-state index in [2.05, 4.69) is 5.32 Å². The number of hydrogen-bond donors (Lipinski definition) is 1. The fraction of sp³-hybridized carbons (Fsp3) is 0.0417. The van der Waals surface area contributed by atoms with Gasteiger partial charge in [-0.2, -0.15) is 0 Å². The van der Waals surface area contributed by atoms with Gasteiger partial charge in [-0.25, -0.2) is 13.7 Å². The lowest BCUT2D eigenvalue weighted by Crippen LogP contribution is -2.54. The van der Waals surface area contributed by atoms with Gasteiger partial charge in [0.1, 0.15) is 23.8 Å². The highest BCUT2D eigenvalue weighted by atomic mass is 35.5. The maximum atomic E-state index is 14.3. The number of rotatable bonds is 5. The molecule has 172 valence electrons. The van der Waals surface area contributed by atoms with Crippen LogP contribution in [-0.4, -0.2) is 16.9 Å². The lowest BCUT2D eigenvalue weighted by atomic mass is 10.1. The number of carbonyl (C=O) groups is 2. The molecule has 1 fully saturated rings. The molecule has 4 rings (SSSR count). The summed E-state index contributed by atoms with van der Waals surface area (Å²) in [5.74, 6) is -2.48. The molecule has 0 atom stereocenters. The molecule has 0 unspecified atom stereocenters. The first-order valence-corrected chi connectivity index (χ1v) is 10.9. The van der Waals surface area contributed by atoms with Crippen molar-refractivity contribution in [3.8, 4) is 5.75 Å². The van der Waals surface area contributed by atoms with E-state index in [1.54, 1.807) is 12.1 Å². The third-order valence-electron chi connectivity index (χ3n) is 4.80. The Hall–Kier alpha value is -3.33. The lowest BCUT2D eigenvalue weighted by Gasteiger charge is -2.29. The van der Waals surface area contributed by atoms with Gasteiger partial charge in [0, 0.05) is 0 Å². The molecule has 2 amide bonds. The van der Waals surface area contributed by atoms with Gasteiger partial charge in [0.2, 0.25) is 0 Å². The van der Waals surface area contributed by atoms with Crippen molar-refractivity contribution in [3.05, 3.63) is 99.0 Å². The van der Waals surface area contributed by atoms with Crippen LogP contribution in [0.25, 0.3) is 6.08 Å². The van der Waals surface area contributed by atoms with E-state index in [0.29, 0.717) is 11.1 Å². The van der Waals surface area contributed by atoms with Crippen molar-refractivity contribution >= 4 is 64.1 Å². The van der Waals surface area contributed by atoms with Gasteiger partial charge in [-0.15, -0.1) is 0 Å². The first-order chi connectivity index (χ1) is 16.2. The number of halogens is 4. The van der Waals surface area contributed by atoms with E-state index in [4.69, 9.17) is 40.2 Å². The number of para-hydroxylation sites is 1. The normalized spacial score (nSPS) is 15.0. The van der Waals surface area contributed by atoms with Crippen molar-refractivity contribution in [1.29, 1.82) is 0 Å². The quantitative estimate of drug-likeness (QED) is 0.268. The Labute approximate surface area is 208 Å². The van der Waals surface area contributed by atoms with Gasteiger partial charge in [-0.3, -0.25) is 14.9 Å². The molecular weight excluding hydrogens is 505 g/mol. The van der Waals surface area contributed by atoms with Crippen LogP contribution < -0.4 is 15.0 Å². The van der Waals surface area contributed by atoms with Crippen LogP contribution in [0, 0.1) is 11.6 Å². The van der Waals surface area contributed by atoms with Gasteiger partial charge in [0.25, 0.3) is 11.8 Å². The molecule has 0 saturated carbocycles. The van der Waals surface area contributed by atoms with E-state index < -0.39 is 23.4 Å². The van der Waals surface area contributed by atoms with E-state index in [0.717, 1.165) is 4.90 Å². The van der Waals surface area contributed by atoms with Crippen LogP contribution in [0.4, 0.5) is 14.5 Å². The molecule has 1 heterocycles. The second-order valence-corrected chi connectivity index (χ2v) is 8.34. The van der Waals surface area contributed by atoms with Crippen LogP contribution >= 0.6 is 35.4 Å². The van der Waals surface area contributed by atoms with Gasteiger partial charge in [-0.05, 0) is 65.8 Å². The summed E-state index contributed by atoms with van der Waals surface area (Å²) in [6.07, 6.45) is 1.27. The third-order valence-corrected chi connectivity index (χ3v) is 5.64.